The third-order valence-corrected chi connectivity index (χ3v) is 5.02. The van der Waals surface area contributed by atoms with Gasteiger partial charge in [0, 0.05) is 11.6 Å². The van der Waals surface area contributed by atoms with Crippen LogP contribution in [0, 0.1) is 17.0 Å². The second kappa shape index (κ2) is 7.27. The fraction of sp³-hybridized carbons (Fsp3) is 0.176. The second-order valence-corrected chi connectivity index (χ2v) is 7.21. The van der Waals surface area contributed by atoms with Gasteiger partial charge in [-0.15, -0.1) is 0 Å². The van der Waals surface area contributed by atoms with E-state index in [2.05, 4.69) is 6.58 Å². The van der Waals surface area contributed by atoms with Gasteiger partial charge in [0.25, 0.3) is 5.69 Å². The van der Waals surface area contributed by atoms with Crippen molar-refractivity contribution in [2.24, 2.45) is 0 Å². The van der Waals surface area contributed by atoms with Crippen LogP contribution >= 0.6 is 0 Å². The molecule has 0 unspecified atom stereocenters. The van der Waals surface area contributed by atoms with E-state index in [4.69, 9.17) is 4.74 Å². The molecule has 0 bridgehead atoms. The molecule has 0 N–H and O–H groups in total. The smallest absolute Gasteiger partial charge is 0.273 e. The van der Waals surface area contributed by atoms with E-state index in [9.17, 15) is 18.5 Å². The van der Waals surface area contributed by atoms with Crippen LogP contribution in [0.3, 0.4) is 0 Å². The summed E-state index contributed by atoms with van der Waals surface area (Å²) in [5, 5.41) is 11.2. The second-order valence-electron chi connectivity index (χ2n) is 5.22. The predicted molar refractivity (Wildman–Crippen MR) is 90.9 cm³/mol. The average molecular weight is 347 g/mol. The number of aryl methyl sites for hydroxylation is 1. The topological polar surface area (TPSA) is 86.5 Å². The first kappa shape index (κ1) is 17.7. The number of benzene rings is 2. The molecule has 0 aliphatic carbocycles. The van der Waals surface area contributed by atoms with Crippen molar-refractivity contribution < 1.29 is 18.1 Å². The molecule has 0 saturated carbocycles. The summed E-state index contributed by atoms with van der Waals surface area (Å²) in [5.74, 6) is -0.118. The SMILES string of the molecule is C=CCOc1ccc([N+](=O)[O-])c(CS(=O)(=O)c2ccc(C)cc2)c1. The number of nitro benzene ring substituents is 1. The van der Waals surface area contributed by atoms with Crippen LogP contribution < -0.4 is 4.74 Å². The van der Waals surface area contributed by atoms with Crippen LogP contribution in [0.2, 0.25) is 0 Å². The quantitative estimate of drug-likeness (QED) is 0.435. The molecule has 0 fully saturated rings. The van der Waals surface area contributed by atoms with E-state index in [1.165, 1.54) is 36.4 Å². The zero-order chi connectivity index (χ0) is 17.7. The summed E-state index contributed by atoms with van der Waals surface area (Å²) in [7, 11) is -3.70. The first-order chi connectivity index (χ1) is 11.3. The summed E-state index contributed by atoms with van der Waals surface area (Å²) >= 11 is 0. The molecule has 0 aliphatic heterocycles. The minimum atomic E-state index is -3.70. The molecule has 0 atom stereocenters. The van der Waals surface area contributed by atoms with Crippen LogP contribution in [0.5, 0.6) is 5.75 Å². The van der Waals surface area contributed by atoms with E-state index in [1.807, 2.05) is 6.92 Å². The van der Waals surface area contributed by atoms with Crippen LogP contribution in [-0.2, 0) is 15.6 Å². The summed E-state index contributed by atoms with van der Waals surface area (Å²) in [6.45, 7) is 5.59. The van der Waals surface area contributed by atoms with E-state index < -0.39 is 20.5 Å². The zero-order valence-electron chi connectivity index (χ0n) is 13.1. The standard InChI is InChI=1S/C17H17NO5S/c1-3-10-23-15-6-9-17(18(19)20)14(11-15)12-24(21,22)16-7-4-13(2)5-8-16/h3-9,11H,1,10,12H2,2H3. The minimum Gasteiger partial charge on any atom is -0.490 e. The zero-order valence-corrected chi connectivity index (χ0v) is 14.0. The summed E-state index contributed by atoms with van der Waals surface area (Å²) in [5.41, 5.74) is 0.763. The number of hydrogen-bond acceptors (Lipinski definition) is 5. The van der Waals surface area contributed by atoms with Crippen molar-refractivity contribution in [1.29, 1.82) is 0 Å². The first-order valence-corrected chi connectivity index (χ1v) is 8.79. The fourth-order valence-corrected chi connectivity index (χ4v) is 3.49. The highest BCUT2D eigenvalue weighted by Gasteiger charge is 2.22. The van der Waals surface area contributed by atoms with Crippen molar-refractivity contribution in [3.63, 3.8) is 0 Å². The molecule has 126 valence electrons. The molecule has 24 heavy (non-hydrogen) atoms. The first-order valence-electron chi connectivity index (χ1n) is 7.14. The lowest BCUT2D eigenvalue weighted by Gasteiger charge is -2.09. The number of ether oxygens (including phenoxy) is 1. The summed E-state index contributed by atoms with van der Waals surface area (Å²) < 4.78 is 30.4. The lowest BCUT2D eigenvalue weighted by atomic mass is 10.2. The Balaban J connectivity index is 2.40. The summed E-state index contributed by atoms with van der Waals surface area (Å²) in [6, 6.07) is 10.4. The van der Waals surface area contributed by atoms with Gasteiger partial charge in [0.1, 0.15) is 12.4 Å². The Hall–Kier alpha value is -2.67. The maximum atomic E-state index is 12.5. The Morgan fingerprint density at radius 3 is 2.46 bits per heavy atom. The van der Waals surface area contributed by atoms with Gasteiger partial charge in [0.2, 0.25) is 0 Å². The molecule has 0 heterocycles. The molecular weight excluding hydrogens is 330 g/mol. The van der Waals surface area contributed by atoms with Gasteiger partial charge >= 0.3 is 0 Å². The van der Waals surface area contributed by atoms with Crippen molar-refractivity contribution in [2.45, 2.75) is 17.6 Å². The van der Waals surface area contributed by atoms with Gasteiger partial charge in [-0.1, -0.05) is 30.4 Å². The van der Waals surface area contributed by atoms with Crippen LogP contribution in [-0.4, -0.2) is 19.9 Å². The van der Waals surface area contributed by atoms with Crippen LogP contribution in [0.1, 0.15) is 11.1 Å². The summed E-state index contributed by atoms with van der Waals surface area (Å²) in [6.07, 6.45) is 1.53. The Labute approximate surface area is 140 Å². The van der Waals surface area contributed by atoms with Crippen molar-refractivity contribution >= 4 is 15.5 Å². The third-order valence-electron chi connectivity index (χ3n) is 3.34. The van der Waals surface area contributed by atoms with Gasteiger partial charge in [0.05, 0.1) is 15.6 Å². The van der Waals surface area contributed by atoms with Crippen molar-refractivity contribution in [2.75, 3.05) is 6.61 Å². The Kier molecular flexibility index (Phi) is 5.35. The average Bonchev–Trinajstić information content (AvgIpc) is 2.52. The fourth-order valence-electron chi connectivity index (χ4n) is 2.13. The largest absolute Gasteiger partial charge is 0.490 e. The molecule has 7 heteroatoms. The molecular formula is C17H17NO5S. The highest BCUT2D eigenvalue weighted by atomic mass is 32.2. The summed E-state index contributed by atoms with van der Waals surface area (Å²) in [4.78, 5) is 10.7. The maximum absolute atomic E-state index is 12.5. The van der Waals surface area contributed by atoms with E-state index >= 15 is 0 Å². The van der Waals surface area contributed by atoms with E-state index in [-0.39, 0.29) is 22.8 Å². The predicted octanol–water partition coefficient (Wildman–Crippen LogP) is 3.44. The monoisotopic (exact) mass is 347 g/mol. The van der Waals surface area contributed by atoms with Gasteiger partial charge in [-0.05, 0) is 31.2 Å². The number of nitrogens with zero attached hydrogens (tertiary/aromatic N) is 1. The molecule has 0 spiro atoms. The number of rotatable bonds is 7. The molecule has 0 saturated heterocycles. The molecule has 0 radical (unpaired) electrons. The lowest BCUT2D eigenvalue weighted by molar-refractivity contribution is -0.385. The highest BCUT2D eigenvalue weighted by Crippen LogP contribution is 2.28. The molecule has 2 aromatic rings. The van der Waals surface area contributed by atoms with Crippen LogP contribution in [0.4, 0.5) is 5.69 Å². The molecule has 2 rings (SSSR count). The minimum absolute atomic E-state index is 0.0853. The van der Waals surface area contributed by atoms with Gasteiger partial charge in [0.15, 0.2) is 9.84 Å². The van der Waals surface area contributed by atoms with E-state index in [1.54, 1.807) is 12.1 Å². The van der Waals surface area contributed by atoms with Crippen molar-refractivity contribution in [3.05, 3.63) is 76.4 Å². The number of nitro groups is 1. The Morgan fingerprint density at radius 2 is 1.88 bits per heavy atom. The molecule has 6 nitrogen and oxygen atoms in total. The van der Waals surface area contributed by atoms with Gasteiger partial charge < -0.3 is 4.74 Å². The molecule has 0 aromatic heterocycles. The van der Waals surface area contributed by atoms with Crippen LogP contribution in [0.25, 0.3) is 0 Å². The van der Waals surface area contributed by atoms with Crippen LogP contribution in [0.15, 0.2) is 60.0 Å². The highest BCUT2D eigenvalue weighted by molar-refractivity contribution is 7.90. The molecule has 0 amide bonds. The number of sulfone groups is 1. The molecule has 2 aromatic carbocycles. The van der Waals surface area contributed by atoms with Gasteiger partial charge in [-0.3, -0.25) is 10.1 Å². The van der Waals surface area contributed by atoms with Crippen molar-refractivity contribution in [3.8, 4) is 5.75 Å². The van der Waals surface area contributed by atoms with Gasteiger partial charge in [-0.2, -0.15) is 0 Å². The Morgan fingerprint density at radius 1 is 1.21 bits per heavy atom. The van der Waals surface area contributed by atoms with E-state index in [0.717, 1.165) is 5.56 Å². The molecule has 0 aliphatic rings. The Bertz CT molecular complexity index is 857. The third kappa shape index (κ3) is 4.20. The van der Waals surface area contributed by atoms with E-state index in [0.29, 0.717) is 5.75 Å². The van der Waals surface area contributed by atoms with Gasteiger partial charge in [-0.25, -0.2) is 8.42 Å². The lowest BCUT2D eigenvalue weighted by Crippen LogP contribution is -2.07. The van der Waals surface area contributed by atoms with Crippen molar-refractivity contribution in [1.82, 2.24) is 0 Å². The number of hydrogen-bond donors (Lipinski definition) is 0. The maximum Gasteiger partial charge on any atom is 0.273 e. The normalized spacial score (nSPS) is 11.0.